The number of halogens is 2. The van der Waals surface area contributed by atoms with Gasteiger partial charge in [0.25, 0.3) is 0 Å². The normalized spacial score (nSPS) is 13.1. The largest absolute Gasteiger partial charge is 0.359 e. The van der Waals surface area contributed by atoms with Crippen LogP contribution in [0.3, 0.4) is 0 Å². The lowest BCUT2D eigenvalue weighted by molar-refractivity contribution is 0.191. The van der Waals surface area contributed by atoms with Gasteiger partial charge in [-0.25, -0.2) is 14.8 Å². The number of nitrogens with zero attached hydrogens (tertiary/aromatic N) is 4. The fourth-order valence-electron chi connectivity index (χ4n) is 3.25. The number of carbonyl (C=O) groups is 1. The first-order valence-electron chi connectivity index (χ1n) is 9.42. The predicted octanol–water partition coefficient (Wildman–Crippen LogP) is 4.40. The molecule has 2 N–H and O–H groups in total. The molecule has 0 atom stereocenters. The van der Waals surface area contributed by atoms with E-state index >= 15 is 0 Å². The molecule has 2 aromatic heterocycles. The number of fused-ring (bicyclic) bond motifs is 1. The SMILES string of the molecule is Cc1noc(C)c1Nc1ncc2c(n1)CN(C(=O)NCc1ccc(Cl)c(Cl)c1)CC2. The first-order chi connectivity index (χ1) is 14.4. The average molecular weight is 447 g/mol. The molecule has 3 heterocycles. The van der Waals surface area contributed by atoms with Crippen LogP contribution in [-0.2, 0) is 19.5 Å². The maximum absolute atomic E-state index is 12.6. The van der Waals surface area contributed by atoms with Crippen molar-refractivity contribution >= 4 is 40.9 Å². The van der Waals surface area contributed by atoms with Gasteiger partial charge in [-0.2, -0.15) is 0 Å². The first-order valence-corrected chi connectivity index (χ1v) is 10.2. The van der Waals surface area contributed by atoms with E-state index in [4.69, 9.17) is 27.7 Å². The van der Waals surface area contributed by atoms with Gasteiger partial charge in [0.05, 0.1) is 22.3 Å². The Balaban J connectivity index is 1.41. The van der Waals surface area contributed by atoms with E-state index in [1.807, 2.05) is 19.9 Å². The summed E-state index contributed by atoms with van der Waals surface area (Å²) in [5.41, 5.74) is 4.21. The molecule has 0 fully saturated rings. The van der Waals surface area contributed by atoms with Gasteiger partial charge in [0.1, 0.15) is 11.4 Å². The lowest BCUT2D eigenvalue weighted by atomic mass is 10.1. The van der Waals surface area contributed by atoms with E-state index in [1.165, 1.54) is 0 Å². The van der Waals surface area contributed by atoms with Gasteiger partial charge in [0.2, 0.25) is 5.95 Å². The molecule has 2 amide bonds. The van der Waals surface area contributed by atoms with Gasteiger partial charge in [0, 0.05) is 19.3 Å². The van der Waals surface area contributed by atoms with Crippen LogP contribution in [0.5, 0.6) is 0 Å². The lowest BCUT2D eigenvalue weighted by Crippen LogP contribution is -2.42. The van der Waals surface area contributed by atoms with Crippen molar-refractivity contribution in [2.24, 2.45) is 0 Å². The Morgan fingerprint density at radius 2 is 2.10 bits per heavy atom. The third-order valence-corrected chi connectivity index (χ3v) is 5.67. The highest BCUT2D eigenvalue weighted by molar-refractivity contribution is 6.42. The minimum atomic E-state index is -0.162. The molecule has 156 valence electrons. The van der Waals surface area contributed by atoms with E-state index in [-0.39, 0.29) is 6.03 Å². The summed E-state index contributed by atoms with van der Waals surface area (Å²) in [5, 5.41) is 10.9. The predicted molar refractivity (Wildman–Crippen MR) is 114 cm³/mol. The lowest BCUT2D eigenvalue weighted by Gasteiger charge is -2.28. The maximum atomic E-state index is 12.6. The van der Waals surface area contributed by atoms with Crippen LogP contribution in [-0.4, -0.2) is 32.6 Å². The van der Waals surface area contributed by atoms with E-state index in [0.717, 1.165) is 28.2 Å². The quantitative estimate of drug-likeness (QED) is 0.616. The number of carbonyl (C=O) groups excluding carboxylic acids is 1. The Kier molecular flexibility index (Phi) is 5.78. The summed E-state index contributed by atoms with van der Waals surface area (Å²) < 4.78 is 5.16. The van der Waals surface area contributed by atoms with Crippen molar-refractivity contribution < 1.29 is 9.32 Å². The number of rotatable bonds is 4. The van der Waals surface area contributed by atoms with Crippen LogP contribution in [0.25, 0.3) is 0 Å². The van der Waals surface area contributed by atoms with Gasteiger partial charge in [-0.1, -0.05) is 34.4 Å². The number of hydrogen-bond acceptors (Lipinski definition) is 6. The Hall–Kier alpha value is -2.84. The molecule has 1 aliphatic rings. The molecule has 3 aromatic rings. The summed E-state index contributed by atoms with van der Waals surface area (Å²) in [5.74, 6) is 1.11. The molecule has 1 aromatic carbocycles. The van der Waals surface area contributed by atoms with E-state index in [0.29, 0.717) is 47.8 Å². The van der Waals surface area contributed by atoms with Crippen LogP contribution in [0.1, 0.15) is 28.3 Å². The van der Waals surface area contributed by atoms with Gasteiger partial charge in [-0.15, -0.1) is 0 Å². The maximum Gasteiger partial charge on any atom is 0.318 e. The minimum absolute atomic E-state index is 0.162. The van der Waals surface area contributed by atoms with Crippen LogP contribution in [0, 0.1) is 13.8 Å². The molecule has 8 nitrogen and oxygen atoms in total. The molecule has 30 heavy (non-hydrogen) atoms. The summed E-state index contributed by atoms with van der Waals surface area (Å²) in [4.78, 5) is 23.3. The van der Waals surface area contributed by atoms with E-state index in [9.17, 15) is 4.79 Å². The summed E-state index contributed by atoms with van der Waals surface area (Å²) in [6, 6.07) is 5.13. The van der Waals surface area contributed by atoms with Crippen LogP contribution in [0.2, 0.25) is 10.0 Å². The molecule has 0 spiro atoms. The van der Waals surface area contributed by atoms with Crippen molar-refractivity contribution in [3.8, 4) is 0 Å². The Bertz CT molecular complexity index is 1080. The molecule has 0 aliphatic carbocycles. The standard InChI is InChI=1S/C20H20Cl2N6O2/c1-11-18(12(2)30-27-11)26-19-23-9-14-5-6-28(10-17(14)25-19)20(29)24-8-13-3-4-15(21)16(22)7-13/h3-4,7,9H,5-6,8,10H2,1-2H3,(H,24,29)(H,23,25,26). The molecular weight excluding hydrogens is 427 g/mol. The number of anilines is 2. The van der Waals surface area contributed by atoms with Crippen molar-refractivity contribution in [2.75, 3.05) is 11.9 Å². The van der Waals surface area contributed by atoms with Crippen LogP contribution in [0.4, 0.5) is 16.4 Å². The summed E-state index contributed by atoms with van der Waals surface area (Å²) in [7, 11) is 0. The number of hydrogen-bond donors (Lipinski definition) is 2. The number of aryl methyl sites for hydroxylation is 2. The van der Waals surface area contributed by atoms with E-state index in [2.05, 4.69) is 25.8 Å². The Labute approximate surface area is 183 Å². The first kappa shape index (κ1) is 20.4. The van der Waals surface area contributed by atoms with Gasteiger partial charge >= 0.3 is 6.03 Å². The van der Waals surface area contributed by atoms with Gasteiger partial charge in [0.15, 0.2) is 5.76 Å². The minimum Gasteiger partial charge on any atom is -0.359 e. The third kappa shape index (κ3) is 4.34. The van der Waals surface area contributed by atoms with Crippen molar-refractivity contribution in [1.29, 1.82) is 0 Å². The van der Waals surface area contributed by atoms with Gasteiger partial charge in [-0.3, -0.25) is 0 Å². The molecule has 0 bridgehead atoms. The molecule has 0 saturated carbocycles. The van der Waals surface area contributed by atoms with Gasteiger partial charge < -0.3 is 20.1 Å². The Morgan fingerprint density at radius 3 is 2.83 bits per heavy atom. The smallest absolute Gasteiger partial charge is 0.318 e. The number of aromatic nitrogens is 3. The highest BCUT2D eigenvalue weighted by Crippen LogP contribution is 2.24. The fraction of sp³-hybridized carbons (Fsp3) is 0.300. The summed E-state index contributed by atoms with van der Waals surface area (Å²) in [6.45, 7) is 5.03. The average Bonchev–Trinajstić information content (AvgIpc) is 3.06. The second-order valence-electron chi connectivity index (χ2n) is 7.07. The number of benzene rings is 1. The van der Waals surface area contributed by atoms with Crippen molar-refractivity contribution in [2.45, 2.75) is 33.4 Å². The molecular formula is C20H20Cl2N6O2. The monoisotopic (exact) mass is 446 g/mol. The molecule has 4 rings (SSSR count). The molecule has 0 radical (unpaired) electrons. The van der Waals surface area contributed by atoms with Crippen LogP contribution in [0.15, 0.2) is 28.9 Å². The number of amides is 2. The number of nitrogens with one attached hydrogen (secondary N) is 2. The van der Waals surface area contributed by atoms with E-state index < -0.39 is 0 Å². The molecule has 10 heteroatoms. The van der Waals surface area contributed by atoms with Gasteiger partial charge in [-0.05, 0) is 43.5 Å². The summed E-state index contributed by atoms with van der Waals surface area (Å²) >= 11 is 12.0. The van der Waals surface area contributed by atoms with Crippen molar-refractivity contribution in [3.05, 3.63) is 62.7 Å². The second-order valence-corrected chi connectivity index (χ2v) is 7.88. The Morgan fingerprint density at radius 1 is 1.27 bits per heavy atom. The highest BCUT2D eigenvalue weighted by Gasteiger charge is 2.23. The van der Waals surface area contributed by atoms with Crippen LogP contribution >= 0.6 is 23.2 Å². The van der Waals surface area contributed by atoms with E-state index in [1.54, 1.807) is 23.2 Å². The highest BCUT2D eigenvalue weighted by atomic mass is 35.5. The zero-order chi connectivity index (χ0) is 21.3. The zero-order valence-electron chi connectivity index (χ0n) is 16.5. The van der Waals surface area contributed by atoms with Crippen molar-refractivity contribution in [1.82, 2.24) is 25.3 Å². The molecule has 1 aliphatic heterocycles. The topological polar surface area (TPSA) is 96.2 Å². The molecule has 0 unspecified atom stereocenters. The second kappa shape index (κ2) is 8.49. The fourth-order valence-corrected chi connectivity index (χ4v) is 3.57. The zero-order valence-corrected chi connectivity index (χ0v) is 18.0. The number of urea groups is 1. The summed E-state index contributed by atoms with van der Waals surface area (Å²) in [6.07, 6.45) is 2.49. The van der Waals surface area contributed by atoms with Crippen molar-refractivity contribution in [3.63, 3.8) is 0 Å². The van der Waals surface area contributed by atoms with Crippen LogP contribution < -0.4 is 10.6 Å². The third-order valence-electron chi connectivity index (χ3n) is 4.93. The molecule has 0 saturated heterocycles.